The Morgan fingerprint density at radius 3 is 3.16 bits per heavy atom. The molecule has 0 saturated carbocycles. The van der Waals surface area contributed by atoms with Crippen LogP contribution in [-0.2, 0) is 13.0 Å². The van der Waals surface area contributed by atoms with Crippen molar-refractivity contribution in [3.05, 3.63) is 41.7 Å². The van der Waals surface area contributed by atoms with Crippen molar-refractivity contribution in [2.75, 3.05) is 13.2 Å². The van der Waals surface area contributed by atoms with E-state index in [0.717, 1.165) is 30.8 Å². The molecule has 1 atom stereocenters. The van der Waals surface area contributed by atoms with Crippen LogP contribution in [0, 0.1) is 0 Å². The molecule has 1 aromatic heterocycles. The van der Waals surface area contributed by atoms with E-state index in [2.05, 4.69) is 16.4 Å². The fraction of sp³-hybridized carbons (Fsp3) is 0.429. The van der Waals surface area contributed by atoms with E-state index in [4.69, 9.17) is 9.84 Å². The van der Waals surface area contributed by atoms with Crippen LogP contribution >= 0.6 is 0 Å². The molecule has 0 spiro atoms. The summed E-state index contributed by atoms with van der Waals surface area (Å²) in [6.45, 7) is 1.67. The Labute approximate surface area is 111 Å². The van der Waals surface area contributed by atoms with Gasteiger partial charge in [0.2, 0.25) is 0 Å². The maximum Gasteiger partial charge on any atom is 0.122 e. The molecule has 1 aliphatic rings. The van der Waals surface area contributed by atoms with Crippen LogP contribution in [0.2, 0.25) is 0 Å². The summed E-state index contributed by atoms with van der Waals surface area (Å²) in [6.07, 6.45) is 3.46. The van der Waals surface area contributed by atoms with E-state index in [-0.39, 0.29) is 6.61 Å². The standard InChI is InChI=1S/C14H17N3O2/c18-7-3-4-12-9-17(16-15-12)8-11-10-19-14-6-2-1-5-13(11)14/h1-2,5-6,9,11,18H,3-4,7-8,10H2. The van der Waals surface area contributed by atoms with E-state index in [1.807, 2.05) is 29.1 Å². The first-order valence-corrected chi connectivity index (χ1v) is 6.58. The lowest BCUT2D eigenvalue weighted by Crippen LogP contribution is -2.11. The maximum atomic E-state index is 8.80. The van der Waals surface area contributed by atoms with Gasteiger partial charge in [0.15, 0.2) is 0 Å². The molecule has 1 N–H and O–H groups in total. The Bertz CT molecular complexity index is 553. The summed E-state index contributed by atoms with van der Waals surface area (Å²) in [4.78, 5) is 0. The molecular formula is C14H17N3O2. The number of hydrogen-bond acceptors (Lipinski definition) is 4. The van der Waals surface area contributed by atoms with E-state index in [1.54, 1.807) is 0 Å². The molecule has 100 valence electrons. The molecule has 2 heterocycles. The summed E-state index contributed by atoms with van der Waals surface area (Å²) in [5.74, 6) is 1.32. The van der Waals surface area contributed by atoms with Crippen molar-refractivity contribution < 1.29 is 9.84 Å². The van der Waals surface area contributed by atoms with Crippen molar-refractivity contribution >= 4 is 0 Å². The lowest BCUT2D eigenvalue weighted by molar-refractivity contribution is 0.288. The Morgan fingerprint density at radius 1 is 1.37 bits per heavy atom. The van der Waals surface area contributed by atoms with Crippen molar-refractivity contribution in [2.24, 2.45) is 0 Å². The minimum absolute atomic E-state index is 0.191. The molecule has 2 aromatic rings. The topological polar surface area (TPSA) is 60.2 Å². The predicted octanol–water partition coefficient (Wildman–Crippen LogP) is 1.38. The second-order valence-corrected chi connectivity index (χ2v) is 4.80. The first-order chi connectivity index (χ1) is 9.36. The van der Waals surface area contributed by atoms with Gasteiger partial charge in [0.05, 0.1) is 18.8 Å². The van der Waals surface area contributed by atoms with Gasteiger partial charge in [-0.1, -0.05) is 23.4 Å². The number of aliphatic hydroxyl groups is 1. The highest BCUT2D eigenvalue weighted by atomic mass is 16.5. The van der Waals surface area contributed by atoms with Gasteiger partial charge in [-0.2, -0.15) is 0 Å². The van der Waals surface area contributed by atoms with Crippen LogP contribution in [-0.4, -0.2) is 33.3 Å². The maximum absolute atomic E-state index is 8.80. The van der Waals surface area contributed by atoms with Gasteiger partial charge in [0.1, 0.15) is 5.75 Å². The SMILES string of the molecule is OCCCc1cn(CC2COc3ccccc32)nn1. The minimum atomic E-state index is 0.191. The van der Waals surface area contributed by atoms with Crippen molar-refractivity contribution in [1.82, 2.24) is 15.0 Å². The van der Waals surface area contributed by atoms with Gasteiger partial charge in [0, 0.05) is 24.3 Å². The fourth-order valence-electron chi connectivity index (χ4n) is 2.41. The van der Waals surface area contributed by atoms with Gasteiger partial charge in [-0.05, 0) is 18.9 Å². The van der Waals surface area contributed by atoms with Crippen molar-refractivity contribution in [2.45, 2.75) is 25.3 Å². The summed E-state index contributed by atoms with van der Waals surface area (Å²) in [6, 6.07) is 8.14. The Hall–Kier alpha value is -1.88. The average molecular weight is 259 g/mol. The van der Waals surface area contributed by atoms with Crippen LogP contribution in [0.5, 0.6) is 5.75 Å². The van der Waals surface area contributed by atoms with Gasteiger partial charge < -0.3 is 9.84 Å². The molecule has 3 rings (SSSR count). The molecule has 0 aliphatic carbocycles. The number of benzene rings is 1. The van der Waals surface area contributed by atoms with Crippen LogP contribution in [0.25, 0.3) is 0 Å². The van der Waals surface area contributed by atoms with Crippen LogP contribution in [0.3, 0.4) is 0 Å². The lowest BCUT2D eigenvalue weighted by Gasteiger charge is -2.07. The van der Waals surface area contributed by atoms with Crippen molar-refractivity contribution in [3.63, 3.8) is 0 Å². The number of ether oxygens (including phenoxy) is 1. The van der Waals surface area contributed by atoms with Gasteiger partial charge in [-0.3, -0.25) is 4.68 Å². The first-order valence-electron chi connectivity index (χ1n) is 6.58. The van der Waals surface area contributed by atoms with E-state index in [0.29, 0.717) is 12.5 Å². The van der Waals surface area contributed by atoms with E-state index >= 15 is 0 Å². The largest absolute Gasteiger partial charge is 0.493 e. The number of aryl methyl sites for hydroxylation is 1. The molecular weight excluding hydrogens is 242 g/mol. The Kier molecular flexibility index (Phi) is 3.46. The minimum Gasteiger partial charge on any atom is -0.493 e. The molecule has 0 bridgehead atoms. The molecule has 19 heavy (non-hydrogen) atoms. The summed E-state index contributed by atoms with van der Waals surface area (Å²) >= 11 is 0. The van der Waals surface area contributed by atoms with Gasteiger partial charge in [-0.15, -0.1) is 5.10 Å². The summed E-state index contributed by atoms with van der Waals surface area (Å²) in [5.41, 5.74) is 2.18. The number of hydrogen-bond donors (Lipinski definition) is 1. The average Bonchev–Trinajstić information content (AvgIpc) is 3.05. The molecule has 1 unspecified atom stereocenters. The fourth-order valence-corrected chi connectivity index (χ4v) is 2.41. The van der Waals surface area contributed by atoms with Crippen molar-refractivity contribution in [3.8, 4) is 5.75 Å². The molecule has 0 amide bonds. The summed E-state index contributed by atoms with van der Waals surface area (Å²) in [7, 11) is 0. The number of fused-ring (bicyclic) bond motifs is 1. The van der Waals surface area contributed by atoms with Gasteiger partial charge in [0.25, 0.3) is 0 Å². The highest BCUT2D eigenvalue weighted by molar-refractivity contribution is 5.39. The smallest absolute Gasteiger partial charge is 0.122 e. The van der Waals surface area contributed by atoms with Crippen LogP contribution in [0.4, 0.5) is 0 Å². The number of nitrogens with zero attached hydrogens (tertiary/aromatic N) is 3. The quantitative estimate of drug-likeness (QED) is 0.881. The Balaban J connectivity index is 1.68. The van der Waals surface area contributed by atoms with Gasteiger partial charge in [-0.25, -0.2) is 0 Å². The molecule has 1 aliphatic heterocycles. The second kappa shape index (κ2) is 5.40. The monoisotopic (exact) mass is 259 g/mol. The van der Waals surface area contributed by atoms with E-state index in [9.17, 15) is 0 Å². The highest BCUT2D eigenvalue weighted by Gasteiger charge is 2.24. The first kappa shape index (κ1) is 12.2. The summed E-state index contributed by atoms with van der Waals surface area (Å²) < 4.78 is 7.52. The van der Waals surface area contributed by atoms with Crippen LogP contribution in [0.1, 0.15) is 23.6 Å². The van der Waals surface area contributed by atoms with Gasteiger partial charge >= 0.3 is 0 Å². The number of aromatic nitrogens is 3. The Morgan fingerprint density at radius 2 is 2.26 bits per heavy atom. The zero-order valence-corrected chi connectivity index (χ0v) is 10.7. The molecule has 5 nitrogen and oxygen atoms in total. The van der Waals surface area contributed by atoms with E-state index < -0.39 is 0 Å². The third kappa shape index (κ3) is 2.61. The van der Waals surface area contributed by atoms with Crippen LogP contribution in [0.15, 0.2) is 30.5 Å². The number of rotatable bonds is 5. The molecule has 5 heteroatoms. The zero-order chi connectivity index (χ0) is 13.1. The van der Waals surface area contributed by atoms with E-state index in [1.165, 1.54) is 5.56 Å². The molecule has 0 radical (unpaired) electrons. The lowest BCUT2D eigenvalue weighted by atomic mass is 10.0. The predicted molar refractivity (Wildman–Crippen MR) is 70.1 cm³/mol. The second-order valence-electron chi connectivity index (χ2n) is 4.80. The number of para-hydroxylation sites is 1. The third-order valence-corrected chi connectivity index (χ3v) is 3.38. The molecule has 1 aromatic carbocycles. The highest BCUT2D eigenvalue weighted by Crippen LogP contribution is 2.34. The normalized spacial score (nSPS) is 17.2. The zero-order valence-electron chi connectivity index (χ0n) is 10.7. The third-order valence-electron chi connectivity index (χ3n) is 3.38. The van der Waals surface area contributed by atoms with Crippen LogP contribution < -0.4 is 4.74 Å². The summed E-state index contributed by atoms with van der Waals surface area (Å²) in [5, 5.41) is 17.0. The number of aliphatic hydroxyl groups excluding tert-OH is 1. The molecule has 0 saturated heterocycles. The van der Waals surface area contributed by atoms with Crippen molar-refractivity contribution in [1.29, 1.82) is 0 Å². The molecule has 0 fully saturated rings.